The zero-order valence-electron chi connectivity index (χ0n) is 21.0. The van der Waals surface area contributed by atoms with Crippen molar-refractivity contribution in [2.45, 2.75) is 53.5 Å². The fourth-order valence-electron chi connectivity index (χ4n) is 3.72. The SMILES string of the molecule is CCCN(CC(=O)Nc1cc(-c2ccccc2)nn1-c1ccc(C)cc1C)C(=O)NC(C)(C)C. The molecule has 0 unspecified atom stereocenters. The summed E-state index contributed by atoms with van der Waals surface area (Å²) in [4.78, 5) is 27.3. The summed E-state index contributed by atoms with van der Waals surface area (Å²) in [6, 6.07) is 17.6. The molecule has 3 aromatic rings. The van der Waals surface area contributed by atoms with Gasteiger partial charge in [-0.05, 0) is 52.7 Å². The van der Waals surface area contributed by atoms with E-state index in [-0.39, 0.29) is 24.0 Å². The number of aryl methyl sites for hydroxylation is 2. The molecule has 0 atom stereocenters. The van der Waals surface area contributed by atoms with Crippen LogP contribution in [0.25, 0.3) is 16.9 Å². The van der Waals surface area contributed by atoms with Gasteiger partial charge in [-0.25, -0.2) is 9.48 Å². The fourth-order valence-corrected chi connectivity index (χ4v) is 3.72. The number of urea groups is 1. The Bertz CT molecular complexity index is 1150. The van der Waals surface area contributed by atoms with Gasteiger partial charge in [-0.1, -0.05) is 55.0 Å². The van der Waals surface area contributed by atoms with E-state index >= 15 is 0 Å². The third kappa shape index (κ3) is 6.47. The van der Waals surface area contributed by atoms with E-state index in [2.05, 4.69) is 16.7 Å². The average Bonchev–Trinajstić information content (AvgIpc) is 3.16. The lowest BCUT2D eigenvalue weighted by Gasteiger charge is -2.28. The Balaban J connectivity index is 1.90. The molecule has 0 radical (unpaired) electrons. The van der Waals surface area contributed by atoms with Gasteiger partial charge in [0.05, 0.1) is 11.4 Å². The maximum absolute atomic E-state index is 13.1. The first kappa shape index (κ1) is 25.0. The van der Waals surface area contributed by atoms with E-state index in [0.29, 0.717) is 12.4 Å². The van der Waals surface area contributed by atoms with Gasteiger partial charge >= 0.3 is 6.03 Å². The molecule has 0 fully saturated rings. The molecule has 0 aliphatic carbocycles. The number of hydrogen-bond donors (Lipinski definition) is 2. The van der Waals surface area contributed by atoms with Gasteiger partial charge in [0.2, 0.25) is 5.91 Å². The zero-order chi connectivity index (χ0) is 24.9. The van der Waals surface area contributed by atoms with Gasteiger partial charge < -0.3 is 15.5 Å². The number of benzene rings is 2. The zero-order valence-corrected chi connectivity index (χ0v) is 21.0. The van der Waals surface area contributed by atoms with E-state index in [1.165, 1.54) is 4.90 Å². The molecule has 1 aromatic heterocycles. The highest BCUT2D eigenvalue weighted by Crippen LogP contribution is 2.26. The second kappa shape index (κ2) is 10.5. The van der Waals surface area contributed by atoms with Crippen LogP contribution in [0.4, 0.5) is 10.6 Å². The molecule has 0 saturated heterocycles. The van der Waals surface area contributed by atoms with Crippen molar-refractivity contribution in [1.29, 1.82) is 0 Å². The number of nitrogens with one attached hydrogen (secondary N) is 2. The standard InChI is InChI=1S/C27H35N5O2/c1-7-15-31(26(34)29-27(4,5)6)18-25(33)28-24-17-22(21-11-9-8-10-12-21)30-32(24)23-14-13-19(2)16-20(23)3/h8-14,16-17H,7,15,18H2,1-6H3,(H,28,33)(H,29,34). The van der Waals surface area contributed by atoms with Crippen LogP contribution in [0.3, 0.4) is 0 Å². The largest absolute Gasteiger partial charge is 0.333 e. The summed E-state index contributed by atoms with van der Waals surface area (Å²) in [6.45, 7) is 12.3. The van der Waals surface area contributed by atoms with E-state index < -0.39 is 0 Å². The first-order chi connectivity index (χ1) is 16.1. The summed E-state index contributed by atoms with van der Waals surface area (Å²) >= 11 is 0. The number of carbonyl (C=O) groups is 2. The van der Waals surface area contributed by atoms with Crippen molar-refractivity contribution in [3.8, 4) is 16.9 Å². The Morgan fingerprint density at radius 1 is 1.03 bits per heavy atom. The molecular formula is C27H35N5O2. The number of rotatable bonds is 7. The average molecular weight is 462 g/mol. The van der Waals surface area contributed by atoms with Crippen molar-refractivity contribution in [2.75, 3.05) is 18.4 Å². The van der Waals surface area contributed by atoms with Crippen molar-refractivity contribution in [1.82, 2.24) is 20.0 Å². The van der Waals surface area contributed by atoms with E-state index in [1.54, 1.807) is 4.68 Å². The molecule has 1 heterocycles. The van der Waals surface area contributed by atoms with Crippen molar-refractivity contribution >= 4 is 17.8 Å². The van der Waals surface area contributed by atoms with Crippen LogP contribution >= 0.6 is 0 Å². The van der Waals surface area contributed by atoms with E-state index in [9.17, 15) is 9.59 Å². The first-order valence-electron chi connectivity index (χ1n) is 11.7. The second-order valence-electron chi connectivity index (χ2n) is 9.63. The van der Waals surface area contributed by atoms with Crippen LogP contribution in [-0.2, 0) is 4.79 Å². The Morgan fingerprint density at radius 2 is 1.74 bits per heavy atom. The molecule has 0 saturated carbocycles. The quantitative estimate of drug-likeness (QED) is 0.500. The third-order valence-electron chi connectivity index (χ3n) is 5.22. The minimum absolute atomic E-state index is 0.0471. The van der Waals surface area contributed by atoms with Crippen molar-refractivity contribution in [2.24, 2.45) is 0 Å². The summed E-state index contributed by atoms with van der Waals surface area (Å²) in [5, 5.41) is 10.7. The fraction of sp³-hybridized carbons (Fsp3) is 0.370. The number of carbonyl (C=O) groups excluding carboxylic acids is 2. The van der Waals surface area contributed by atoms with Gasteiger partial charge in [0, 0.05) is 23.7 Å². The lowest BCUT2D eigenvalue weighted by molar-refractivity contribution is -0.116. The summed E-state index contributed by atoms with van der Waals surface area (Å²) in [5.41, 5.74) is 4.42. The van der Waals surface area contributed by atoms with Gasteiger partial charge in [-0.15, -0.1) is 0 Å². The Kier molecular flexibility index (Phi) is 7.76. The van der Waals surface area contributed by atoms with E-state index in [4.69, 9.17) is 5.10 Å². The predicted octanol–water partition coefficient (Wildman–Crippen LogP) is 5.31. The lowest BCUT2D eigenvalue weighted by Crippen LogP contribution is -2.50. The van der Waals surface area contributed by atoms with Crippen LogP contribution in [0.1, 0.15) is 45.2 Å². The van der Waals surface area contributed by atoms with Crippen LogP contribution in [0.5, 0.6) is 0 Å². The number of anilines is 1. The van der Waals surface area contributed by atoms with Crippen LogP contribution in [-0.4, -0.2) is 45.2 Å². The highest BCUT2D eigenvalue weighted by Gasteiger charge is 2.22. The molecule has 3 rings (SSSR count). The van der Waals surface area contributed by atoms with Gasteiger partial charge in [0.15, 0.2) is 0 Å². The van der Waals surface area contributed by atoms with E-state index in [0.717, 1.165) is 34.5 Å². The number of aromatic nitrogens is 2. The predicted molar refractivity (Wildman–Crippen MR) is 137 cm³/mol. The minimum atomic E-state index is -0.383. The van der Waals surface area contributed by atoms with Crippen LogP contribution < -0.4 is 10.6 Å². The number of nitrogens with zero attached hydrogens (tertiary/aromatic N) is 3. The maximum Gasteiger partial charge on any atom is 0.318 e. The molecule has 0 bridgehead atoms. The van der Waals surface area contributed by atoms with Crippen molar-refractivity contribution < 1.29 is 9.59 Å². The Labute approximate surface area is 202 Å². The summed E-state index contributed by atoms with van der Waals surface area (Å²) in [6.07, 6.45) is 0.753. The third-order valence-corrected chi connectivity index (χ3v) is 5.22. The normalized spacial score (nSPS) is 11.2. The van der Waals surface area contributed by atoms with Crippen molar-refractivity contribution in [3.63, 3.8) is 0 Å². The minimum Gasteiger partial charge on any atom is -0.333 e. The smallest absolute Gasteiger partial charge is 0.318 e. The number of amides is 3. The van der Waals surface area contributed by atoms with Crippen LogP contribution in [0, 0.1) is 13.8 Å². The highest BCUT2D eigenvalue weighted by atomic mass is 16.2. The highest BCUT2D eigenvalue weighted by molar-refractivity contribution is 5.94. The summed E-state index contributed by atoms with van der Waals surface area (Å²) in [5.74, 6) is 0.284. The topological polar surface area (TPSA) is 79.3 Å². The molecule has 0 aliphatic rings. The second-order valence-corrected chi connectivity index (χ2v) is 9.63. The number of hydrogen-bond acceptors (Lipinski definition) is 3. The van der Waals surface area contributed by atoms with Crippen LogP contribution in [0.15, 0.2) is 54.6 Å². The molecule has 180 valence electrons. The Morgan fingerprint density at radius 3 is 2.35 bits per heavy atom. The monoisotopic (exact) mass is 461 g/mol. The molecule has 2 aromatic carbocycles. The molecule has 7 nitrogen and oxygen atoms in total. The molecule has 0 spiro atoms. The molecule has 3 amide bonds. The van der Waals surface area contributed by atoms with Crippen LogP contribution in [0.2, 0.25) is 0 Å². The Hall–Kier alpha value is -3.61. The van der Waals surface area contributed by atoms with Gasteiger partial charge in [-0.2, -0.15) is 5.10 Å². The van der Waals surface area contributed by atoms with E-state index in [1.807, 2.05) is 90.1 Å². The molecule has 34 heavy (non-hydrogen) atoms. The molecule has 7 heteroatoms. The van der Waals surface area contributed by atoms with Gasteiger partial charge in [-0.3, -0.25) is 4.79 Å². The van der Waals surface area contributed by atoms with Crippen molar-refractivity contribution in [3.05, 3.63) is 65.7 Å². The maximum atomic E-state index is 13.1. The lowest BCUT2D eigenvalue weighted by atomic mass is 10.1. The molecule has 0 aliphatic heterocycles. The summed E-state index contributed by atoms with van der Waals surface area (Å²) < 4.78 is 1.76. The van der Waals surface area contributed by atoms with Gasteiger partial charge in [0.1, 0.15) is 12.4 Å². The molecule has 2 N–H and O–H groups in total. The van der Waals surface area contributed by atoms with Gasteiger partial charge in [0.25, 0.3) is 0 Å². The first-order valence-corrected chi connectivity index (χ1v) is 11.7. The summed E-state index contributed by atoms with van der Waals surface area (Å²) in [7, 11) is 0. The molecular weight excluding hydrogens is 426 g/mol.